The number of hydrogen-bond acceptors (Lipinski definition) is 7. The first-order valence-corrected chi connectivity index (χ1v) is 6.36. The van der Waals surface area contributed by atoms with Crippen LogP contribution in [0.4, 0.5) is 30.2 Å². The van der Waals surface area contributed by atoms with Gasteiger partial charge in [0.25, 0.3) is 0 Å². The van der Waals surface area contributed by atoms with Gasteiger partial charge in [0.15, 0.2) is 11.3 Å². The van der Waals surface area contributed by atoms with E-state index < -0.39 is 17.0 Å². The van der Waals surface area contributed by atoms with Gasteiger partial charge < -0.3 is 10.1 Å². The monoisotopic (exact) mass is 340 g/mol. The first-order valence-electron chi connectivity index (χ1n) is 6.36. The number of alkyl halides is 3. The number of nitrogens with zero attached hydrogens (tertiary/aromatic N) is 3. The van der Waals surface area contributed by atoms with Crippen LogP contribution in [0.3, 0.4) is 0 Å². The van der Waals surface area contributed by atoms with Crippen LogP contribution in [0.5, 0.6) is 5.75 Å². The zero-order valence-corrected chi connectivity index (χ0v) is 11.6. The lowest BCUT2D eigenvalue weighted by atomic mass is 10.2. The summed E-state index contributed by atoms with van der Waals surface area (Å²) in [6, 6.07) is 7.77. The molecule has 124 valence electrons. The number of non-ortho nitro benzene ring substituents is 1. The average Bonchev–Trinajstić information content (AvgIpc) is 2.97. The fourth-order valence-electron chi connectivity index (χ4n) is 2.03. The minimum absolute atomic E-state index is 0.00557. The molecule has 0 bridgehead atoms. The lowest BCUT2D eigenvalue weighted by Crippen LogP contribution is -2.17. The summed E-state index contributed by atoms with van der Waals surface area (Å²) >= 11 is 0. The van der Waals surface area contributed by atoms with Crippen molar-refractivity contribution in [1.29, 1.82) is 0 Å². The average molecular weight is 340 g/mol. The van der Waals surface area contributed by atoms with Gasteiger partial charge in [0.05, 0.1) is 16.3 Å². The molecule has 0 amide bonds. The van der Waals surface area contributed by atoms with Gasteiger partial charge in [-0.2, -0.15) is 0 Å². The number of anilines is 2. The molecule has 1 N–H and O–H groups in total. The van der Waals surface area contributed by atoms with Gasteiger partial charge >= 0.3 is 12.0 Å². The number of halogens is 3. The number of para-hydroxylation sites is 2. The molecule has 0 saturated carbocycles. The Labute approximate surface area is 130 Å². The molecule has 1 aromatic heterocycles. The van der Waals surface area contributed by atoms with Gasteiger partial charge in [-0.05, 0) is 28.5 Å². The molecule has 0 aliphatic carbocycles. The molecule has 0 aliphatic rings. The maximum absolute atomic E-state index is 12.4. The van der Waals surface area contributed by atoms with E-state index in [2.05, 4.69) is 25.0 Å². The third kappa shape index (κ3) is 3.04. The molecular formula is C13H7F3N4O4. The lowest BCUT2D eigenvalue weighted by Gasteiger charge is -2.14. The van der Waals surface area contributed by atoms with E-state index in [-0.39, 0.29) is 28.1 Å². The molecule has 0 radical (unpaired) electrons. The molecule has 0 spiro atoms. The molecule has 1 heterocycles. The molecule has 2 aromatic carbocycles. The number of nitro benzene ring substituents is 1. The number of nitrogens with one attached hydrogen (secondary N) is 1. The predicted molar refractivity (Wildman–Crippen MR) is 74.9 cm³/mol. The summed E-state index contributed by atoms with van der Waals surface area (Å²) in [6.07, 6.45) is -4.86. The van der Waals surface area contributed by atoms with Crippen molar-refractivity contribution in [3.05, 3.63) is 46.5 Å². The number of hydrogen-bond donors (Lipinski definition) is 1. The Morgan fingerprint density at radius 1 is 1.08 bits per heavy atom. The lowest BCUT2D eigenvalue weighted by molar-refractivity contribution is -0.383. The van der Waals surface area contributed by atoms with Crippen LogP contribution < -0.4 is 10.1 Å². The van der Waals surface area contributed by atoms with E-state index in [1.165, 1.54) is 24.3 Å². The maximum Gasteiger partial charge on any atom is 0.573 e. The number of benzene rings is 2. The van der Waals surface area contributed by atoms with E-state index in [4.69, 9.17) is 0 Å². The minimum Gasteiger partial charge on any atom is -0.404 e. The second kappa shape index (κ2) is 5.68. The van der Waals surface area contributed by atoms with Crippen LogP contribution in [-0.2, 0) is 0 Å². The fraction of sp³-hybridized carbons (Fsp3) is 0.0769. The van der Waals surface area contributed by atoms with Gasteiger partial charge in [-0.3, -0.25) is 10.1 Å². The standard InChI is InChI=1S/C13H7F3N4O4/c14-13(15,16)23-10-4-2-1-3-7(10)17-8-5-6-9(20(21)22)12-11(8)18-24-19-12/h1-6,17H. The van der Waals surface area contributed by atoms with Crippen molar-refractivity contribution in [2.75, 3.05) is 5.32 Å². The molecule has 11 heteroatoms. The SMILES string of the molecule is O=[N+]([O-])c1ccc(Nc2ccccc2OC(F)(F)F)c2nonc12. The first kappa shape index (κ1) is 15.5. The van der Waals surface area contributed by atoms with Gasteiger partial charge in [-0.15, -0.1) is 13.2 Å². The van der Waals surface area contributed by atoms with Crippen LogP contribution in [0.1, 0.15) is 0 Å². The number of ether oxygens (including phenoxy) is 1. The fourth-order valence-corrected chi connectivity index (χ4v) is 2.03. The molecule has 0 atom stereocenters. The van der Waals surface area contributed by atoms with Gasteiger partial charge in [-0.25, -0.2) is 4.63 Å². The molecule has 8 nitrogen and oxygen atoms in total. The largest absolute Gasteiger partial charge is 0.573 e. The maximum atomic E-state index is 12.4. The van der Waals surface area contributed by atoms with Crippen molar-refractivity contribution < 1.29 is 27.5 Å². The summed E-state index contributed by atoms with van der Waals surface area (Å²) < 4.78 is 45.7. The van der Waals surface area contributed by atoms with Gasteiger partial charge in [-0.1, -0.05) is 12.1 Å². The molecule has 3 aromatic rings. The van der Waals surface area contributed by atoms with Gasteiger partial charge in [0.1, 0.15) is 0 Å². The Morgan fingerprint density at radius 2 is 1.79 bits per heavy atom. The smallest absolute Gasteiger partial charge is 0.404 e. The summed E-state index contributed by atoms with van der Waals surface area (Å²) in [5.41, 5.74) is -0.287. The highest BCUT2D eigenvalue weighted by atomic mass is 19.4. The summed E-state index contributed by atoms with van der Waals surface area (Å²) in [5.74, 6) is -0.465. The van der Waals surface area contributed by atoms with Crippen molar-refractivity contribution in [3.63, 3.8) is 0 Å². The van der Waals surface area contributed by atoms with Crippen LogP contribution in [0.2, 0.25) is 0 Å². The van der Waals surface area contributed by atoms with Gasteiger partial charge in [0, 0.05) is 6.07 Å². The molecule has 0 saturated heterocycles. The summed E-state index contributed by atoms with van der Waals surface area (Å²) in [5, 5.41) is 20.6. The third-order valence-electron chi connectivity index (χ3n) is 2.97. The van der Waals surface area contributed by atoms with Crippen LogP contribution in [0.15, 0.2) is 41.0 Å². The Hall–Kier alpha value is -3.37. The Bertz CT molecular complexity index is 910. The zero-order valence-electron chi connectivity index (χ0n) is 11.6. The summed E-state index contributed by atoms with van der Waals surface area (Å²) in [7, 11) is 0. The molecule has 0 aliphatic heterocycles. The minimum atomic E-state index is -4.86. The highest BCUT2D eigenvalue weighted by Gasteiger charge is 2.32. The third-order valence-corrected chi connectivity index (χ3v) is 2.97. The number of rotatable bonds is 4. The van der Waals surface area contributed by atoms with Crippen molar-refractivity contribution in [2.24, 2.45) is 0 Å². The van der Waals surface area contributed by atoms with E-state index in [1.807, 2.05) is 0 Å². The highest BCUT2D eigenvalue weighted by molar-refractivity contribution is 5.95. The predicted octanol–water partition coefficient (Wildman–Crippen LogP) is 3.77. The van der Waals surface area contributed by atoms with E-state index in [0.717, 1.165) is 12.1 Å². The Kier molecular flexibility index (Phi) is 3.67. The van der Waals surface area contributed by atoms with Crippen LogP contribution in [-0.4, -0.2) is 21.6 Å². The van der Waals surface area contributed by atoms with Crippen molar-refractivity contribution in [2.45, 2.75) is 6.36 Å². The van der Waals surface area contributed by atoms with Crippen LogP contribution in [0.25, 0.3) is 11.0 Å². The first-order chi connectivity index (χ1) is 11.3. The van der Waals surface area contributed by atoms with E-state index in [1.54, 1.807) is 0 Å². The number of nitro groups is 1. The number of fused-ring (bicyclic) bond motifs is 1. The second-order valence-corrected chi connectivity index (χ2v) is 4.52. The van der Waals surface area contributed by atoms with Crippen LogP contribution >= 0.6 is 0 Å². The Balaban J connectivity index is 2.01. The van der Waals surface area contributed by atoms with Gasteiger partial charge in [0.2, 0.25) is 5.52 Å². The molecule has 0 fully saturated rings. The zero-order chi connectivity index (χ0) is 17.3. The molecule has 0 unspecified atom stereocenters. The Morgan fingerprint density at radius 3 is 2.50 bits per heavy atom. The summed E-state index contributed by atoms with van der Waals surface area (Å²) in [4.78, 5) is 10.3. The van der Waals surface area contributed by atoms with Crippen molar-refractivity contribution in [3.8, 4) is 5.75 Å². The quantitative estimate of drug-likeness (QED) is 0.569. The normalized spacial score (nSPS) is 11.5. The van der Waals surface area contributed by atoms with E-state index in [0.29, 0.717) is 0 Å². The van der Waals surface area contributed by atoms with E-state index >= 15 is 0 Å². The summed E-state index contributed by atoms with van der Waals surface area (Å²) in [6.45, 7) is 0. The van der Waals surface area contributed by atoms with Crippen LogP contribution in [0, 0.1) is 10.1 Å². The molecule has 3 rings (SSSR count). The van der Waals surface area contributed by atoms with Crippen molar-refractivity contribution >= 4 is 28.1 Å². The second-order valence-electron chi connectivity index (χ2n) is 4.52. The highest BCUT2D eigenvalue weighted by Crippen LogP contribution is 2.35. The van der Waals surface area contributed by atoms with Crippen molar-refractivity contribution in [1.82, 2.24) is 10.3 Å². The topological polar surface area (TPSA) is 103 Å². The number of aromatic nitrogens is 2. The molecule has 24 heavy (non-hydrogen) atoms. The molecular weight excluding hydrogens is 333 g/mol. The van der Waals surface area contributed by atoms with E-state index in [9.17, 15) is 23.3 Å².